The zero-order valence-electron chi connectivity index (χ0n) is 15.7. The van der Waals surface area contributed by atoms with Crippen LogP contribution in [0, 0.1) is 25.2 Å². The SMILES string of the molecule is CCN(CCN(C)c1ccc(C)cc1C)C(=O)c1ccc(Br)cc1C#N. The van der Waals surface area contributed by atoms with Gasteiger partial charge in [-0.1, -0.05) is 33.6 Å². The molecule has 0 bridgehead atoms. The lowest BCUT2D eigenvalue weighted by Crippen LogP contribution is -2.38. The Bertz CT molecular complexity index is 842. The molecule has 4 nitrogen and oxygen atoms in total. The van der Waals surface area contributed by atoms with Crippen LogP contribution >= 0.6 is 15.9 Å². The number of halogens is 1. The highest BCUT2D eigenvalue weighted by Gasteiger charge is 2.18. The topological polar surface area (TPSA) is 47.3 Å². The van der Waals surface area contributed by atoms with E-state index in [1.165, 1.54) is 16.8 Å². The molecule has 0 fully saturated rings. The van der Waals surface area contributed by atoms with Gasteiger partial charge in [-0.15, -0.1) is 0 Å². The highest BCUT2D eigenvalue weighted by Crippen LogP contribution is 2.21. The molecule has 0 radical (unpaired) electrons. The fourth-order valence-electron chi connectivity index (χ4n) is 2.99. The molecule has 0 saturated heterocycles. The zero-order valence-corrected chi connectivity index (χ0v) is 17.3. The van der Waals surface area contributed by atoms with E-state index in [2.05, 4.69) is 58.9 Å². The van der Waals surface area contributed by atoms with E-state index in [1.54, 1.807) is 23.1 Å². The van der Waals surface area contributed by atoms with Gasteiger partial charge in [-0.2, -0.15) is 5.26 Å². The number of hydrogen-bond acceptors (Lipinski definition) is 3. The normalized spacial score (nSPS) is 10.3. The fourth-order valence-corrected chi connectivity index (χ4v) is 3.36. The largest absolute Gasteiger partial charge is 0.373 e. The van der Waals surface area contributed by atoms with E-state index in [1.807, 2.05) is 14.0 Å². The smallest absolute Gasteiger partial charge is 0.255 e. The number of anilines is 1. The Balaban J connectivity index is 2.12. The lowest BCUT2D eigenvalue weighted by Gasteiger charge is -2.27. The Morgan fingerprint density at radius 2 is 1.88 bits per heavy atom. The van der Waals surface area contributed by atoms with Gasteiger partial charge in [-0.25, -0.2) is 0 Å². The van der Waals surface area contributed by atoms with Crippen LogP contribution in [0.15, 0.2) is 40.9 Å². The maximum atomic E-state index is 12.9. The Kier molecular flexibility index (Phi) is 6.82. The second kappa shape index (κ2) is 8.86. The standard InChI is InChI=1S/C21H24BrN3O/c1-5-25(21(26)19-8-7-18(22)13-17(19)14-23)11-10-24(4)20-9-6-15(2)12-16(20)3/h6-9,12-13H,5,10-11H2,1-4H3. The third-order valence-corrected chi connectivity index (χ3v) is 4.96. The number of aryl methyl sites for hydroxylation is 2. The van der Waals surface area contributed by atoms with Crippen LogP contribution in [0.1, 0.15) is 34.0 Å². The molecule has 0 aliphatic carbocycles. The Morgan fingerprint density at radius 1 is 1.15 bits per heavy atom. The number of nitriles is 1. The first-order valence-electron chi connectivity index (χ1n) is 8.64. The van der Waals surface area contributed by atoms with Crippen molar-refractivity contribution in [1.29, 1.82) is 5.26 Å². The summed E-state index contributed by atoms with van der Waals surface area (Å²) in [4.78, 5) is 16.8. The Morgan fingerprint density at radius 3 is 2.50 bits per heavy atom. The summed E-state index contributed by atoms with van der Waals surface area (Å²) in [5.41, 5.74) is 4.48. The maximum Gasteiger partial charge on any atom is 0.255 e. The summed E-state index contributed by atoms with van der Waals surface area (Å²) >= 11 is 3.35. The van der Waals surface area contributed by atoms with E-state index in [0.717, 1.165) is 11.0 Å². The number of carbonyl (C=O) groups is 1. The van der Waals surface area contributed by atoms with Gasteiger partial charge in [-0.3, -0.25) is 4.79 Å². The predicted octanol–water partition coefficient (Wildman–Crippen LogP) is 4.54. The van der Waals surface area contributed by atoms with Gasteiger partial charge >= 0.3 is 0 Å². The molecule has 0 aliphatic heterocycles. The number of nitrogens with zero attached hydrogens (tertiary/aromatic N) is 3. The molecule has 2 aromatic carbocycles. The maximum absolute atomic E-state index is 12.9. The number of likely N-dealkylation sites (N-methyl/N-ethyl adjacent to an activating group) is 2. The van der Waals surface area contributed by atoms with Crippen molar-refractivity contribution in [3.8, 4) is 6.07 Å². The average molecular weight is 414 g/mol. The number of amides is 1. The van der Waals surface area contributed by atoms with Gasteiger partial charge in [0.15, 0.2) is 0 Å². The minimum Gasteiger partial charge on any atom is -0.373 e. The number of hydrogen-bond donors (Lipinski definition) is 0. The van der Waals surface area contributed by atoms with Crippen LogP contribution in [-0.4, -0.2) is 37.5 Å². The third-order valence-electron chi connectivity index (χ3n) is 4.47. The van der Waals surface area contributed by atoms with Crippen LogP contribution < -0.4 is 4.90 Å². The minimum atomic E-state index is -0.106. The van der Waals surface area contributed by atoms with Crippen LogP contribution in [0.4, 0.5) is 5.69 Å². The van der Waals surface area contributed by atoms with E-state index < -0.39 is 0 Å². The lowest BCUT2D eigenvalue weighted by atomic mass is 10.1. The van der Waals surface area contributed by atoms with Gasteiger partial charge in [0.05, 0.1) is 17.2 Å². The van der Waals surface area contributed by atoms with E-state index in [0.29, 0.717) is 24.2 Å². The van der Waals surface area contributed by atoms with Gasteiger partial charge < -0.3 is 9.80 Å². The second-order valence-corrected chi connectivity index (χ2v) is 7.31. The summed E-state index contributed by atoms with van der Waals surface area (Å²) in [6, 6.07) is 13.7. The van der Waals surface area contributed by atoms with Crippen molar-refractivity contribution >= 4 is 27.5 Å². The van der Waals surface area contributed by atoms with Crippen molar-refractivity contribution in [2.24, 2.45) is 0 Å². The molecule has 0 aromatic heterocycles. The van der Waals surface area contributed by atoms with Gasteiger partial charge in [0, 0.05) is 36.8 Å². The molecular weight excluding hydrogens is 390 g/mol. The molecule has 1 amide bonds. The van der Waals surface area contributed by atoms with Crippen LogP contribution in [-0.2, 0) is 0 Å². The highest BCUT2D eigenvalue weighted by molar-refractivity contribution is 9.10. The molecule has 26 heavy (non-hydrogen) atoms. The zero-order chi connectivity index (χ0) is 19.3. The van der Waals surface area contributed by atoms with E-state index in [-0.39, 0.29) is 5.91 Å². The molecule has 2 aromatic rings. The summed E-state index contributed by atoms with van der Waals surface area (Å²) < 4.78 is 0.795. The molecule has 0 aliphatic rings. The molecule has 5 heteroatoms. The molecular formula is C21H24BrN3O. The molecule has 2 rings (SSSR count). The molecule has 0 N–H and O–H groups in total. The fraction of sp³-hybridized carbons (Fsp3) is 0.333. The quantitative estimate of drug-likeness (QED) is 0.698. The summed E-state index contributed by atoms with van der Waals surface area (Å²) in [7, 11) is 2.04. The first-order valence-corrected chi connectivity index (χ1v) is 9.44. The van der Waals surface area contributed by atoms with E-state index >= 15 is 0 Å². The van der Waals surface area contributed by atoms with Crippen molar-refractivity contribution in [2.75, 3.05) is 31.6 Å². The van der Waals surface area contributed by atoms with Crippen LogP contribution in [0.3, 0.4) is 0 Å². The summed E-state index contributed by atoms with van der Waals surface area (Å²) in [6.45, 7) is 8.06. The summed E-state index contributed by atoms with van der Waals surface area (Å²) in [6.07, 6.45) is 0. The molecule has 0 atom stereocenters. The number of rotatable bonds is 6. The predicted molar refractivity (Wildman–Crippen MR) is 110 cm³/mol. The average Bonchev–Trinajstić information content (AvgIpc) is 2.61. The number of carbonyl (C=O) groups excluding carboxylic acids is 1. The van der Waals surface area contributed by atoms with Crippen molar-refractivity contribution in [2.45, 2.75) is 20.8 Å². The van der Waals surface area contributed by atoms with Crippen LogP contribution in [0.2, 0.25) is 0 Å². The highest BCUT2D eigenvalue weighted by atomic mass is 79.9. The Hall–Kier alpha value is -2.32. The summed E-state index contributed by atoms with van der Waals surface area (Å²) in [5.74, 6) is -0.106. The molecule has 0 saturated carbocycles. The van der Waals surface area contributed by atoms with Crippen molar-refractivity contribution in [3.63, 3.8) is 0 Å². The first-order chi connectivity index (χ1) is 12.4. The van der Waals surface area contributed by atoms with Gasteiger partial charge in [0.1, 0.15) is 0 Å². The van der Waals surface area contributed by atoms with E-state index in [4.69, 9.17) is 0 Å². The molecule has 0 heterocycles. The third kappa shape index (κ3) is 4.64. The summed E-state index contributed by atoms with van der Waals surface area (Å²) in [5, 5.41) is 9.32. The van der Waals surface area contributed by atoms with Gasteiger partial charge in [-0.05, 0) is 50.6 Å². The van der Waals surface area contributed by atoms with Crippen molar-refractivity contribution in [3.05, 3.63) is 63.1 Å². The molecule has 136 valence electrons. The minimum absolute atomic E-state index is 0.106. The lowest BCUT2D eigenvalue weighted by molar-refractivity contribution is 0.0768. The Labute approximate surface area is 164 Å². The first kappa shape index (κ1) is 20.0. The van der Waals surface area contributed by atoms with Crippen LogP contribution in [0.5, 0.6) is 0 Å². The van der Waals surface area contributed by atoms with Gasteiger partial charge in [0.2, 0.25) is 0 Å². The van der Waals surface area contributed by atoms with Crippen LogP contribution in [0.25, 0.3) is 0 Å². The number of benzene rings is 2. The van der Waals surface area contributed by atoms with E-state index in [9.17, 15) is 10.1 Å². The molecule has 0 spiro atoms. The second-order valence-electron chi connectivity index (χ2n) is 6.40. The monoisotopic (exact) mass is 413 g/mol. The van der Waals surface area contributed by atoms with Crippen molar-refractivity contribution in [1.82, 2.24) is 4.90 Å². The van der Waals surface area contributed by atoms with Crippen molar-refractivity contribution < 1.29 is 4.79 Å². The van der Waals surface area contributed by atoms with Gasteiger partial charge in [0.25, 0.3) is 5.91 Å². The molecule has 0 unspecified atom stereocenters.